The second-order valence-electron chi connectivity index (χ2n) is 5.34. The van der Waals surface area contributed by atoms with Crippen LogP contribution in [-0.4, -0.2) is 35.6 Å². The van der Waals surface area contributed by atoms with Gasteiger partial charge in [0, 0.05) is 17.8 Å². The molecule has 0 fully saturated rings. The van der Waals surface area contributed by atoms with E-state index in [9.17, 15) is 24.8 Å². The van der Waals surface area contributed by atoms with Gasteiger partial charge in [-0.1, -0.05) is 17.7 Å². The van der Waals surface area contributed by atoms with Crippen molar-refractivity contribution in [2.24, 2.45) is 0 Å². The van der Waals surface area contributed by atoms with E-state index >= 15 is 0 Å². The lowest BCUT2D eigenvalue weighted by Crippen LogP contribution is -2.20. The number of phenolic OH excluding ortho intramolecular Hbond substituents is 1. The van der Waals surface area contributed by atoms with Crippen LogP contribution in [0.4, 0.5) is 11.4 Å². The lowest BCUT2D eigenvalue weighted by Gasteiger charge is -2.06. The van der Waals surface area contributed by atoms with Gasteiger partial charge in [-0.3, -0.25) is 14.9 Å². The van der Waals surface area contributed by atoms with E-state index < -0.39 is 23.4 Å². The highest BCUT2D eigenvalue weighted by Gasteiger charge is 2.14. The van der Waals surface area contributed by atoms with Crippen molar-refractivity contribution in [2.45, 2.75) is 0 Å². The maximum absolute atomic E-state index is 11.8. The van der Waals surface area contributed by atoms with Crippen LogP contribution in [0.5, 0.6) is 11.5 Å². The van der Waals surface area contributed by atoms with Crippen molar-refractivity contribution in [3.63, 3.8) is 0 Å². The highest BCUT2D eigenvalue weighted by atomic mass is 35.5. The number of nitro groups is 1. The number of nitro benzene ring substituents is 1. The Morgan fingerprint density at radius 2 is 2.04 bits per heavy atom. The molecule has 0 bridgehead atoms. The number of aromatic hydroxyl groups is 1. The van der Waals surface area contributed by atoms with Gasteiger partial charge in [0.1, 0.15) is 5.02 Å². The van der Waals surface area contributed by atoms with Crippen LogP contribution in [-0.2, 0) is 14.3 Å². The monoisotopic (exact) mass is 406 g/mol. The van der Waals surface area contributed by atoms with Crippen molar-refractivity contribution in [1.82, 2.24) is 0 Å². The maximum atomic E-state index is 11.8. The predicted molar refractivity (Wildman–Crippen MR) is 101 cm³/mol. The van der Waals surface area contributed by atoms with Gasteiger partial charge in [-0.25, -0.2) is 4.79 Å². The molecule has 0 atom stereocenters. The Kier molecular flexibility index (Phi) is 6.94. The fourth-order valence-electron chi connectivity index (χ4n) is 2.07. The normalized spacial score (nSPS) is 10.5. The standard InChI is InChI=1S/C18H15ClN2O7/c1-27-16-8-11(2-6-15(16)22)3-7-18(24)28-10-17(23)20-12-4-5-13(19)14(9-12)21(25)26/h2-9,22H,10H2,1H3,(H,20,23)/b7-3+. The minimum atomic E-state index is -0.774. The molecule has 2 aromatic rings. The molecule has 0 saturated heterocycles. The first-order chi connectivity index (χ1) is 13.3. The van der Waals surface area contributed by atoms with E-state index in [4.69, 9.17) is 21.1 Å². The zero-order valence-corrected chi connectivity index (χ0v) is 15.3. The SMILES string of the molecule is COc1cc(/C=C/C(=O)OCC(=O)Nc2ccc(Cl)c([N+](=O)[O-])c2)ccc1O. The van der Waals surface area contributed by atoms with Gasteiger partial charge in [-0.2, -0.15) is 0 Å². The molecule has 0 radical (unpaired) electrons. The number of carbonyl (C=O) groups excluding carboxylic acids is 2. The van der Waals surface area contributed by atoms with Gasteiger partial charge < -0.3 is 19.9 Å². The number of nitrogens with one attached hydrogen (secondary N) is 1. The number of rotatable bonds is 7. The molecule has 9 nitrogen and oxygen atoms in total. The number of ether oxygens (including phenoxy) is 2. The molecule has 2 aromatic carbocycles. The summed E-state index contributed by atoms with van der Waals surface area (Å²) in [5.41, 5.74) is 0.358. The summed E-state index contributed by atoms with van der Waals surface area (Å²) in [5, 5.41) is 22.6. The first kappa shape index (κ1) is 20.7. The molecule has 10 heteroatoms. The number of amides is 1. The number of hydrogen-bond donors (Lipinski definition) is 2. The Morgan fingerprint density at radius 3 is 2.71 bits per heavy atom. The zero-order chi connectivity index (χ0) is 20.7. The van der Waals surface area contributed by atoms with Crippen molar-refractivity contribution >= 4 is 40.9 Å². The molecular formula is C18H15ClN2O7. The van der Waals surface area contributed by atoms with E-state index in [1.54, 1.807) is 6.07 Å². The van der Waals surface area contributed by atoms with E-state index in [2.05, 4.69) is 5.32 Å². The molecule has 0 unspecified atom stereocenters. The summed E-state index contributed by atoms with van der Waals surface area (Å²) in [6, 6.07) is 8.23. The minimum Gasteiger partial charge on any atom is -0.504 e. The fourth-order valence-corrected chi connectivity index (χ4v) is 2.26. The second kappa shape index (κ2) is 9.38. The van der Waals surface area contributed by atoms with Crippen LogP contribution in [0.25, 0.3) is 6.08 Å². The van der Waals surface area contributed by atoms with Crippen LogP contribution < -0.4 is 10.1 Å². The number of hydrogen-bond acceptors (Lipinski definition) is 7. The summed E-state index contributed by atoms with van der Waals surface area (Å²) in [5.74, 6) is -1.25. The highest BCUT2D eigenvalue weighted by molar-refractivity contribution is 6.32. The summed E-state index contributed by atoms with van der Waals surface area (Å²) in [6.45, 7) is -0.585. The quantitative estimate of drug-likeness (QED) is 0.313. The number of benzene rings is 2. The Morgan fingerprint density at radius 1 is 1.29 bits per heavy atom. The third kappa shape index (κ3) is 5.71. The van der Waals surface area contributed by atoms with E-state index in [1.807, 2.05) is 0 Å². The zero-order valence-electron chi connectivity index (χ0n) is 14.5. The van der Waals surface area contributed by atoms with Crippen LogP contribution in [0.1, 0.15) is 5.56 Å². The average Bonchev–Trinajstić information content (AvgIpc) is 2.67. The van der Waals surface area contributed by atoms with Crippen LogP contribution in [0.3, 0.4) is 0 Å². The van der Waals surface area contributed by atoms with Crippen LogP contribution in [0.15, 0.2) is 42.5 Å². The third-order valence-electron chi connectivity index (χ3n) is 3.39. The summed E-state index contributed by atoms with van der Waals surface area (Å²) >= 11 is 5.69. The van der Waals surface area contributed by atoms with Crippen LogP contribution >= 0.6 is 11.6 Å². The van der Waals surface area contributed by atoms with Crippen molar-refractivity contribution < 1.29 is 29.1 Å². The predicted octanol–water partition coefficient (Wildman–Crippen LogP) is 3.16. The Bertz CT molecular complexity index is 944. The maximum Gasteiger partial charge on any atom is 0.331 e. The molecule has 0 heterocycles. The first-order valence-corrected chi connectivity index (χ1v) is 8.13. The molecule has 0 aromatic heterocycles. The van der Waals surface area contributed by atoms with E-state index in [0.29, 0.717) is 5.56 Å². The molecule has 146 valence electrons. The number of methoxy groups -OCH3 is 1. The molecule has 28 heavy (non-hydrogen) atoms. The summed E-state index contributed by atoms with van der Waals surface area (Å²) in [7, 11) is 1.39. The Labute approximate surface area is 164 Å². The van der Waals surface area contributed by atoms with Gasteiger partial charge in [-0.05, 0) is 35.9 Å². The molecule has 2 N–H and O–H groups in total. The number of esters is 1. The van der Waals surface area contributed by atoms with Crippen molar-refractivity contribution in [1.29, 1.82) is 0 Å². The second-order valence-corrected chi connectivity index (χ2v) is 5.75. The fraction of sp³-hybridized carbons (Fsp3) is 0.111. The van der Waals surface area contributed by atoms with Gasteiger partial charge in [0.2, 0.25) is 0 Å². The third-order valence-corrected chi connectivity index (χ3v) is 3.71. The number of phenols is 1. The number of anilines is 1. The van der Waals surface area contributed by atoms with E-state index in [0.717, 1.165) is 12.1 Å². The van der Waals surface area contributed by atoms with Gasteiger partial charge in [0.15, 0.2) is 18.1 Å². The summed E-state index contributed by atoms with van der Waals surface area (Å²) in [6.07, 6.45) is 2.52. The minimum absolute atomic E-state index is 0.0404. The molecule has 2 rings (SSSR count). The van der Waals surface area contributed by atoms with Crippen LogP contribution in [0, 0.1) is 10.1 Å². The molecule has 0 spiro atoms. The summed E-state index contributed by atoms with van der Waals surface area (Å²) in [4.78, 5) is 33.7. The van der Waals surface area contributed by atoms with Gasteiger partial charge >= 0.3 is 5.97 Å². The number of halogens is 1. The topological polar surface area (TPSA) is 128 Å². The van der Waals surface area contributed by atoms with Crippen molar-refractivity contribution in [2.75, 3.05) is 19.0 Å². The van der Waals surface area contributed by atoms with Gasteiger partial charge in [0.25, 0.3) is 11.6 Å². The highest BCUT2D eigenvalue weighted by Crippen LogP contribution is 2.28. The van der Waals surface area contributed by atoms with E-state index in [1.165, 1.54) is 37.5 Å². The molecule has 0 aliphatic rings. The van der Waals surface area contributed by atoms with Gasteiger partial charge in [-0.15, -0.1) is 0 Å². The lowest BCUT2D eigenvalue weighted by molar-refractivity contribution is -0.384. The first-order valence-electron chi connectivity index (χ1n) is 7.76. The molecule has 0 aliphatic heterocycles. The van der Waals surface area contributed by atoms with E-state index in [-0.39, 0.29) is 27.9 Å². The van der Waals surface area contributed by atoms with Crippen molar-refractivity contribution in [3.8, 4) is 11.5 Å². The Hall–Kier alpha value is -3.59. The molecule has 0 aliphatic carbocycles. The number of carbonyl (C=O) groups is 2. The average molecular weight is 407 g/mol. The van der Waals surface area contributed by atoms with Crippen molar-refractivity contribution in [3.05, 3.63) is 63.2 Å². The smallest absolute Gasteiger partial charge is 0.331 e. The molecular weight excluding hydrogens is 392 g/mol. The molecule has 1 amide bonds. The Balaban J connectivity index is 1.89. The lowest BCUT2D eigenvalue weighted by atomic mass is 10.2. The molecule has 0 saturated carbocycles. The number of nitrogens with zero attached hydrogens (tertiary/aromatic N) is 1. The largest absolute Gasteiger partial charge is 0.504 e. The van der Waals surface area contributed by atoms with Crippen LogP contribution in [0.2, 0.25) is 5.02 Å². The van der Waals surface area contributed by atoms with Gasteiger partial charge in [0.05, 0.1) is 12.0 Å². The summed E-state index contributed by atoms with van der Waals surface area (Å²) < 4.78 is 9.76.